The number of rotatable bonds is 6. The molecule has 2 aromatic rings. The first-order chi connectivity index (χ1) is 10.1. The van der Waals surface area contributed by atoms with Crippen LogP contribution in [0.3, 0.4) is 0 Å². The minimum Gasteiger partial charge on any atom is -0.495 e. The van der Waals surface area contributed by atoms with E-state index in [1.54, 1.807) is 7.11 Å². The molecule has 1 amide bonds. The first-order valence-corrected chi connectivity index (χ1v) is 7.42. The molecule has 0 bridgehead atoms. The molecule has 21 heavy (non-hydrogen) atoms. The third kappa shape index (κ3) is 4.16. The van der Waals surface area contributed by atoms with E-state index in [0.717, 1.165) is 10.7 Å². The van der Waals surface area contributed by atoms with Crippen LogP contribution in [0.2, 0.25) is 0 Å². The van der Waals surface area contributed by atoms with Gasteiger partial charge in [0.05, 0.1) is 19.3 Å². The number of hydrogen-bond acceptors (Lipinski definition) is 6. The van der Waals surface area contributed by atoms with Gasteiger partial charge in [0.15, 0.2) is 0 Å². The Labute approximate surface area is 127 Å². The van der Waals surface area contributed by atoms with E-state index in [1.807, 2.05) is 38.1 Å². The van der Waals surface area contributed by atoms with Gasteiger partial charge in [-0.3, -0.25) is 10.1 Å². The van der Waals surface area contributed by atoms with Gasteiger partial charge in [-0.05, 0) is 12.1 Å². The van der Waals surface area contributed by atoms with Crippen molar-refractivity contribution in [2.75, 3.05) is 24.3 Å². The molecule has 0 saturated heterocycles. The second-order valence-electron chi connectivity index (χ2n) is 4.70. The standard InChI is InChI=1S/C14H18N4O2S/c1-9(2)13-17-18-14(21-13)16-12(19)8-15-10-6-4-5-7-11(10)20-3/h4-7,9,15H,8H2,1-3H3,(H,16,18,19). The number of methoxy groups -OCH3 is 1. The highest BCUT2D eigenvalue weighted by molar-refractivity contribution is 7.15. The van der Waals surface area contributed by atoms with Crippen LogP contribution in [-0.4, -0.2) is 29.8 Å². The van der Waals surface area contributed by atoms with Gasteiger partial charge in [-0.25, -0.2) is 0 Å². The van der Waals surface area contributed by atoms with Crippen LogP contribution in [0.4, 0.5) is 10.8 Å². The maximum absolute atomic E-state index is 11.9. The predicted molar refractivity (Wildman–Crippen MR) is 84.1 cm³/mol. The van der Waals surface area contributed by atoms with Crippen LogP contribution < -0.4 is 15.4 Å². The molecular weight excluding hydrogens is 288 g/mol. The van der Waals surface area contributed by atoms with Crippen molar-refractivity contribution in [1.82, 2.24) is 10.2 Å². The molecule has 0 radical (unpaired) electrons. The number of anilines is 2. The minimum atomic E-state index is -0.174. The van der Waals surface area contributed by atoms with Crippen LogP contribution in [0, 0.1) is 0 Å². The molecule has 1 aromatic carbocycles. The monoisotopic (exact) mass is 306 g/mol. The number of hydrogen-bond donors (Lipinski definition) is 2. The Morgan fingerprint density at radius 2 is 2.10 bits per heavy atom. The second-order valence-corrected chi connectivity index (χ2v) is 5.71. The lowest BCUT2D eigenvalue weighted by Gasteiger charge is -2.10. The Balaban J connectivity index is 1.89. The van der Waals surface area contributed by atoms with E-state index in [9.17, 15) is 4.79 Å². The van der Waals surface area contributed by atoms with E-state index >= 15 is 0 Å². The summed E-state index contributed by atoms with van der Waals surface area (Å²) in [4.78, 5) is 11.9. The molecule has 0 unspecified atom stereocenters. The third-order valence-corrected chi connectivity index (χ3v) is 3.87. The number of ether oxygens (including phenoxy) is 1. The van der Waals surface area contributed by atoms with Crippen LogP contribution in [0.15, 0.2) is 24.3 Å². The molecule has 0 saturated carbocycles. The lowest BCUT2D eigenvalue weighted by atomic mass is 10.2. The average molecular weight is 306 g/mol. The third-order valence-electron chi connectivity index (χ3n) is 2.73. The Kier molecular flexibility index (Phi) is 5.10. The Morgan fingerprint density at radius 3 is 2.76 bits per heavy atom. The zero-order valence-electron chi connectivity index (χ0n) is 12.2. The minimum absolute atomic E-state index is 0.136. The first-order valence-electron chi connectivity index (χ1n) is 6.60. The highest BCUT2D eigenvalue weighted by atomic mass is 32.1. The number of nitrogens with one attached hydrogen (secondary N) is 2. The van der Waals surface area contributed by atoms with Gasteiger partial charge in [0.2, 0.25) is 11.0 Å². The van der Waals surface area contributed by atoms with E-state index in [1.165, 1.54) is 11.3 Å². The lowest BCUT2D eigenvalue weighted by Crippen LogP contribution is -2.21. The zero-order chi connectivity index (χ0) is 15.2. The van der Waals surface area contributed by atoms with Crippen LogP contribution in [0.1, 0.15) is 24.8 Å². The second kappa shape index (κ2) is 7.03. The molecule has 2 rings (SSSR count). The Bertz CT molecular complexity index is 613. The number of carbonyl (C=O) groups excluding carboxylic acids is 1. The number of carbonyl (C=O) groups is 1. The number of nitrogens with zero attached hydrogens (tertiary/aromatic N) is 2. The maximum atomic E-state index is 11.9. The van der Waals surface area contributed by atoms with Crippen LogP contribution in [0.25, 0.3) is 0 Å². The summed E-state index contributed by atoms with van der Waals surface area (Å²) in [6, 6.07) is 7.44. The van der Waals surface area contributed by atoms with Crippen molar-refractivity contribution in [1.29, 1.82) is 0 Å². The molecule has 0 atom stereocenters. The van der Waals surface area contributed by atoms with Crippen molar-refractivity contribution in [2.24, 2.45) is 0 Å². The van der Waals surface area contributed by atoms with Crippen molar-refractivity contribution in [3.05, 3.63) is 29.3 Å². The normalized spacial score (nSPS) is 10.5. The molecule has 0 aliphatic heterocycles. The van der Waals surface area contributed by atoms with Gasteiger partial charge in [0, 0.05) is 5.92 Å². The van der Waals surface area contributed by atoms with Crippen LogP contribution in [-0.2, 0) is 4.79 Å². The highest BCUT2D eigenvalue weighted by Crippen LogP contribution is 2.23. The fourth-order valence-electron chi connectivity index (χ4n) is 1.65. The van der Waals surface area contributed by atoms with E-state index in [2.05, 4.69) is 20.8 Å². The molecule has 6 nitrogen and oxygen atoms in total. The van der Waals surface area contributed by atoms with Gasteiger partial charge in [0.25, 0.3) is 0 Å². The van der Waals surface area contributed by atoms with Crippen LogP contribution in [0.5, 0.6) is 5.75 Å². The smallest absolute Gasteiger partial charge is 0.245 e. The van der Waals surface area contributed by atoms with Gasteiger partial charge >= 0.3 is 0 Å². The summed E-state index contributed by atoms with van der Waals surface area (Å²) in [6.07, 6.45) is 0. The molecule has 0 aliphatic rings. The van der Waals surface area contributed by atoms with E-state index < -0.39 is 0 Å². The van der Waals surface area contributed by atoms with E-state index in [4.69, 9.17) is 4.74 Å². The fraction of sp³-hybridized carbons (Fsp3) is 0.357. The van der Waals surface area contributed by atoms with E-state index in [0.29, 0.717) is 16.8 Å². The summed E-state index contributed by atoms with van der Waals surface area (Å²) in [5, 5.41) is 15.2. The molecule has 7 heteroatoms. The topological polar surface area (TPSA) is 76.1 Å². The first kappa shape index (κ1) is 15.2. The molecular formula is C14H18N4O2S. The van der Waals surface area contributed by atoms with Crippen molar-refractivity contribution in [3.8, 4) is 5.75 Å². The van der Waals surface area contributed by atoms with Crippen molar-refractivity contribution < 1.29 is 9.53 Å². The quantitative estimate of drug-likeness (QED) is 0.858. The summed E-state index contributed by atoms with van der Waals surface area (Å²) in [5.74, 6) is 0.829. The fourth-order valence-corrected chi connectivity index (χ4v) is 2.41. The Morgan fingerprint density at radius 1 is 1.33 bits per heavy atom. The van der Waals surface area contributed by atoms with Gasteiger partial charge in [-0.1, -0.05) is 37.3 Å². The lowest BCUT2D eigenvalue weighted by molar-refractivity contribution is -0.114. The van der Waals surface area contributed by atoms with Crippen molar-refractivity contribution in [2.45, 2.75) is 19.8 Å². The molecule has 0 spiro atoms. The predicted octanol–water partition coefficient (Wildman–Crippen LogP) is 2.72. The molecule has 0 fully saturated rings. The van der Waals surface area contributed by atoms with Crippen LogP contribution >= 0.6 is 11.3 Å². The van der Waals surface area contributed by atoms with Gasteiger partial charge in [0.1, 0.15) is 10.8 Å². The van der Waals surface area contributed by atoms with E-state index in [-0.39, 0.29) is 12.5 Å². The summed E-state index contributed by atoms with van der Waals surface area (Å²) in [6.45, 7) is 4.21. The molecule has 112 valence electrons. The Hall–Kier alpha value is -2.15. The largest absolute Gasteiger partial charge is 0.495 e. The van der Waals surface area contributed by atoms with Gasteiger partial charge < -0.3 is 10.1 Å². The maximum Gasteiger partial charge on any atom is 0.245 e. The van der Waals surface area contributed by atoms with Gasteiger partial charge in [-0.15, -0.1) is 10.2 Å². The summed E-state index contributed by atoms with van der Waals surface area (Å²) in [7, 11) is 1.59. The number of para-hydroxylation sites is 2. The molecule has 0 aliphatic carbocycles. The highest BCUT2D eigenvalue weighted by Gasteiger charge is 2.10. The van der Waals surface area contributed by atoms with Crippen molar-refractivity contribution >= 4 is 28.1 Å². The van der Waals surface area contributed by atoms with Gasteiger partial charge in [-0.2, -0.15) is 0 Å². The number of benzene rings is 1. The molecule has 1 heterocycles. The zero-order valence-corrected chi connectivity index (χ0v) is 13.0. The molecule has 1 aromatic heterocycles. The number of amides is 1. The number of aromatic nitrogens is 2. The summed E-state index contributed by atoms with van der Waals surface area (Å²) < 4.78 is 5.21. The summed E-state index contributed by atoms with van der Waals surface area (Å²) >= 11 is 1.39. The SMILES string of the molecule is COc1ccccc1NCC(=O)Nc1nnc(C(C)C)s1. The average Bonchev–Trinajstić information content (AvgIpc) is 2.94. The summed E-state index contributed by atoms with van der Waals surface area (Å²) in [5.41, 5.74) is 0.773. The van der Waals surface area contributed by atoms with Crippen molar-refractivity contribution in [3.63, 3.8) is 0 Å². The molecule has 2 N–H and O–H groups in total.